The fourth-order valence-corrected chi connectivity index (χ4v) is 3.70. The smallest absolute Gasteiger partial charge is 0.243 e. The molecule has 1 fully saturated rings. The van der Waals surface area contributed by atoms with E-state index in [9.17, 15) is 4.79 Å². The van der Waals surface area contributed by atoms with Crippen molar-refractivity contribution in [2.75, 3.05) is 13.7 Å². The molecule has 1 aliphatic heterocycles. The lowest BCUT2D eigenvalue weighted by molar-refractivity contribution is -0.132. The van der Waals surface area contributed by atoms with Gasteiger partial charge in [-0.25, -0.2) is 0 Å². The van der Waals surface area contributed by atoms with Gasteiger partial charge in [-0.1, -0.05) is 0 Å². The molecule has 130 valence electrons. The van der Waals surface area contributed by atoms with Gasteiger partial charge >= 0.3 is 0 Å². The van der Waals surface area contributed by atoms with E-state index < -0.39 is 0 Å². The van der Waals surface area contributed by atoms with Crippen LogP contribution in [0.1, 0.15) is 24.4 Å². The van der Waals surface area contributed by atoms with Crippen LogP contribution in [-0.2, 0) is 18.4 Å². The van der Waals surface area contributed by atoms with Crippen molar-refractivity contribution in [1.29, 1.82) is 0 Å². The molecule has 0 saturated carbocycles. The van der Waals surface area contributed by atoms with Crippen molar-refractivity contribution in [3.63, 3.8) is 0 Å². The fraction of sp³-hybridized carbons (Fsp3) is 0.368. The molecule has 1 aliphatic rings. The number of nitrogens with zero attached hydrogens (tertiary/aromatic N) is 4. The molecule has 0 radical (unpaired) electrons. The van der Waals surface area contributed by atoms with Crippen LogP contribution in [0.25, 0.3) is 10.9 Å². The molecule has 6 nitrogen and oxygen atoms in total. The number of fused-ring (bicyclic) bond motifs is 1. The number of carbonyl (C=O) groups excluding carboxylic acids is 1. The minimum atomic E-state index is 0.142. The average Bonchev–Trinajstić information content (AvgIpc) is 3.33. The van der Waals surface area contributed by atoms with Crippen molar-refractivity contribution in [2.45, 2.75) is 25.4 Å². The second-order valence-corrected chi connectivity index (χ2v) is 6.56. The van der Waals surface area contributed by atoms with Gasteiger partial charge in [0.15, 0.2) is 0 Å². The van der Waals surface area contributed by atoms with E-state index >= 15 is 0 Å². The second kappa shape index (κ2) is 6.27. The molecule has 0 unspecified atom stereocenters. The van der Waals surface area contributed by atoms with Gasteiger partial charge in [-0.05, 0) is 37.1 Å². The van der Waals surface area contributed by atoms with Crippen molar-refractivity contribution < 1.29 is 9.53 Å². The molecule has 25 heavy (non-hydrogen) atoms. The van der Waals surface area contributed by atoms with Gasteiger partial charge < -0.3 is 14.2 Å². The molecule has 1 amide bonds. The Morgan fingerprint density at radius 1 is 1.36 bits per heavy atom. The van der Waals surface area contributed by atoms with Crippen LogP contribution in [0.2, 0.25) is 0 Å². The monoisotopic (exact) mass is 338 g/mol. The highest BCUT2D eigenvalue weighted by Crippen LogP contribution is 2.32. The first-order valence-corrected chi connectivity index (χ1v) is 8.56. The molecule has 4 rings (SSSR count). The van der Waals surface area contributed by atoms with Crippen molar-refractivity contribution >= 4 is 16.8 Å². The third-order valence-corrected chi connectivity index (χ3v) is 4.97. The first-order chi connectivity index (χ1) is 12.2. The van der Waals surface area contributed by atoms with E-state index in [0.717, 1.165) is 41.6 Å². The van der Waals surface area contributed by atoms with Gasteiger partial charge in [0.2, 0.25) is 5.91 Å². The Morgan fingerprint density at radius 3 is 3.00 bits per heavy atom. The minimum absolute atomic E-state index is 0.142. The van der Waals surface area contributed by atoms with Crippen LogP contribution < -0.4 is 4.74 Å². The molecule has 2 aromatic heterocycles. The summed E-state index contributed by atoms with van der Waals surface area (Å²) in [5, 5.41) is 5.33. The van der Waals surface area contributed by atoms with Crippen molar-refractivity contribution in [3.8, 4) is 5.75 Å². The van der Waals surface area contributed by atoms with E-state index in [2.05, 4.69) is 5.10 Å². The first kappa shape index (κ1) is 15.7. The van der Waals surface area contributed by atoms with Gasteiger partial charge in [0.1, 0.15) is 12.3 Å². The number of carbonyl (C=O) groups is 1. The normalized spacial score (nSPS) is 17.4. The lowest BCUT2D eigenvalue weighted by Gasteiger charge is -2.24. The van der Waals surface area contributed by atoms with Crippen LogP contribution in [0.4, 0.5) is 0 Å². The van der Waals surface area contributed by atoms with Gasteiger partial charge in [-0.3, -0.25) is 9.48 Å². The van der Waals surface area contributed by atoms with Crippen LogP contribution in [-0.4, -0.2) is 38.8 Å². The Hall–Kier alpha value is -2.76. The third kappa shape index (κ3) is 2.88. The maximum Gasteiger partial charge on any atom is 0.243 e. The Kier molecular flexibility index (Phi) is 3.95. The first-order valence-electron chi connectivity index (χ1n) is 8.56. The molecule has 1 aromatic carbocycles. The third-order valence-electron chi connectivity index (χ3n) is 4.97. The Labute approximate surface area is 146 Å². The van der Waals surface area contributed by atoms with Gasteiger partial charge in [-0.15, -0.1) is 0 Å². The maximum atomic E-state index is 12.9. The molecule has 0 N–H and O–H groups in total. The molecule has 0 aliphatic carbocycles. The van der Waals surface area contributed by atoms with E-state index in [1.165, 1.54) is 0 Å². The predicted molar refractivity (Wildman–Crippen MR) is 95.4 cm³/mol. The summed E-state index contributed by atoms with van der Waals surface area (Å²) in [4.78, 5) is 14.9. The molecule has 3 aromatic rings. The predicted octanol–water partition coefficient (Wildman–Crippen LogP) is 2.75. The summed E-state index contributed by atoms with van der Waals surface area (Å²) in [6, 6.07) is 8.09. The van der Waals surface area contributed by atoms with Crippen molar-refractivity contribution in [1.82, 2.24) is 19.2 Å². The van der Waals surface area contributed by atoms with E-state index in [1.54, 1.807) is 11.8 Å². The Balaban J connectivity index is 1.55. The Morgan fingerprint density at radius 2 is 2.24 bits per heavy atom. The average molecular weight is 338 g/mol. The topological polar surface area (TPSA) is 52.3 Å². The molecular weight excluding hydrogens is 316 g/mol. The van der Waals surface area contributed by atoms with Gasteiger partial charge in [-0.2, -0.15) is 5.10 Å². The molecule has 6 heteroatoms. The number of likely N-dealkylation sites (tertiary alicyclic amines) is 1. The van der Waals surface area contributed by atoms with Crippen LogP contribution >= 0.6 is 0 Å². The summed E-state index contributed by atoms with van der Waals surface area (Å²) in [6.45, 7) is 1.16. The maximum absolute atomic E-state index is 12.9. The number of benzene rings is 1. The molecule has 0 spiro atoms. The summed E-state index contributed by atoms with van der Waals surface area (Å²) in [7, 11) is 3.57. The second-order valence-electron chi connectivity index (χ2n) is 6.56. The molecule has 1 atom stereocenters. The highest BCUT2D eigenvalue weighted by Gasteiger charge is 2.30. The number of aryl methyl sites for hydroxylation is 1. The molecule has 0 bridgehead atoms. The van der Waals surface area contributed by atoms with E-state index in [4.69, 9.17) is 4.74 Å². The van der Waals surface area contributed by atoms with Gasteiger partial charge in [0.05, 0.1) is 19.3 Å². The summed E-state index contributed by atoms with van der Waals surface area (Å²) in [6.07, 6.45) is 7.88. The number of rotatable bonds is 4. The highest BCUT2D eigenvalue weighted by molar-refractivity contribution is 5.84. The molecule has 1 saturated heterocycles. The summed E-state index contributed by atoms with van der Waals surface area (Å²) in [5.41, 5.74) is 2.17. The van der Waals surface area contributed by atoms with E-state index in [1.807, 2.05) is 59.4 Å². The SMILES string of the molecule is COc1ccc2c(ccn2CC(=O)N2CCC[C@@H]2c2cnn(C)c2)c1. The zero-order valence-corrected chi connectivity index (χ0v) is 14.6. The van der Waals surface area contributed by atoms with E-state index in [-0.39, 0.29) is 11.9 Å². The van der Waals surface area contributed by atoms with Crippen molar-refractivity contribution in [3.05, 3.63) is 48.4 Å². The van der Waals surface area contributed by atoms with Crippen LogP contribution in [0.15, 0.2) is 42.9 Å². The van der Waals surface area contributed by atoms with Gasteiger partial charge in [0.25, 0.3) is 0 Å². The molecule has 3 heterocycles. The number of methoxy groups -OCH3 is 1. The lowest BCUT2D eigenvalue weighted by atomic mass is 10.1. The van der Waals surface area contributed by atoms with Crippen LogP contribution in [0.5, 0.6) is 5.75 Å². The van der Waals surface area contributed by atoms with Gasteiger partial charge in [0, 0.05) is 42.5 Å². The largest absolute Gasteiger partial charge is 0.497 e. The number of amides is 1. The number of hydrogen-bond acceptors (Lipinski definition) is 3. The molecular formula is C19H22N4O2. The number of hydrogen-bond donors (Lipinski definition) is 0. The zero-order valence-electron chi connectivity index (χ0n) is 14.6. The minimum Gasteiger partial charge on any atom is -0.497 e. The summed E-state index contributed by atoms with van der Waals surface area (Å²) < 4.78 is 9.07. The standard InChI is InChI=1S/C19H22N4O2/c1-21-12-15(11-20-21)18-4-3-8-23(18)19(24)13-22-9-7-14-10-16(25-2)5-6-17(14)22/h5-7,9-12,18H,3-4,8,13H2,1-2H3/t18-/m1/s1. The van der Waals surface area contributed by atoms with E-state index in [0.29, 0.717) is 6.54 Å². The highest BCUT2D eigenvalue weighted by atomic mass is 16.5. The summed E-state index contributed by atoms with van der Waals surface area (Å²) >= 11 is 0. The quantitative estimate of drug-likeness (QED) is 0.735. The number of aromatic nitrogens is 3. The van der Waals surface area contributed by atoms with Crippen LogP contribution in [0, 0.1) is 0 Å². The zero-order chi connectivity index (χ0) is 17.4. The van der Waals surface area contributed by atoms with Crippen molar-refractivity contribution in [2.24, 2.45) is 7.05 Å². The fourth-order valence-electron chi connectivity index (χ4n) is 3.70. The Bertz CT molecular complexity index is 911. The lowest BCUT2D eigenvalue weighted by Crippen LogP contribution is -2.33. The van der Waals surface area contributed by atoms with Crippen LogP contribution in [0.3, 0.4) is 0 Å². The number of ether oxygens (including phenoxy) is 1. The summed E-state index contributed by atoms with van der Waals surface area (Å²) in [5.74, 6) is 0.979.